The summed E-state index contributed by atoms with van der Waals surface area (Å²) in [6.07, 6.45) is 10.4. The average molecular weight is 528 g/mol. The second-order valence-electron chi connectivity index (χ2n) is 12.3. The van der Waals surface area contributed by atoms with E-state index in [9.17, 15) is 19.1 Å². The number of amides is 2. The Kier molecular flexibility index (Phi) is 7.25. The molecule has 1 aromatic carbocycles. The molecule has 4 unspecified atom stereocenters. The Morgan fingerprint density at radius 3 is 2.18 bits per heavy atom. The highest BCUT2D eigenvalue weighted by molar-refractivity contribution is 5.94. The van der Waals surface area contributed by atoms with Crippen LogP contribution in [0.5, 0.6) is 0 Å². The largest absolute Gasteiger partial charge is 0.380 e. The number of hydrogen-bond acceptors (Lipinski definition) is 5. The minimum Gasteiger partial charge on any atom is -0.380 e. The SMILES string of the molecule is O=C(c1ccc(C2NC3(C4CCCCCCC4)CC(F)CCC3O2)cc1)N1CCN(C(=O)C2(O)CC2)CC1. The molecule has 1 aromatic rings. The zero-order valence-electron chi connectivity index (χ0n) is 22.4. The minimum absolute atomic E-state index is 0.0259. The van der Waals surface area contributed by atoms with Crippen molar-refractivity contribution in [2.75, 3.05) is 26.2 Å². The summed E-state index contributed by atoms with van der Waals surface area (Å²) >= 11 is 0. The Hall–Kier alpha value is -2.03. The molecule has 0 spiro atoms. The molecule has 5 fully saturated rings. The quantitative estimate of drug-likeness (QED) is 0.616. The minimum atomic E-state index is -1.16. The highest BCUT2D eigenvalue weighted by atomic mass is 19.1. The lowest BCUT2D eigenvalue weighted by Crippen LogP contribution is -2.58. The molecule has 208 valence electrons. The predicted molar refractivity (Wildman–Crippen MR) is 141 cm³/mol. The van der Waals surface area contributed by atoms with Crippen molar-refractivity contribution >= 4 is 11.8 Å². The van der Waals surface area contributed by atoms with E-state index in [1.54, 1.807) is 9.80 Å². The van der Waals surface area contributed by atoms with E-state index in [2.05, 4.69) is 5.32 Å². The van der Waals surface area contributed by atoms with Crippen LogP contribution in [0.2, 0.25) is 0 Å². The number of halogens is 1. The Morgan fingerprint density at radius 2 is 1.53 bits per heavy atom. The number of ether oxygens (including phenoxy) is 1. The van der Waals surface area contributed by atoms with E-state index < -0.39 is 11.8 Å². The summed E-state index contributed by atoms with van der Waals surface area (Å²) in [5.41, 5.74) is 0.126. The van der Waals surface area contributed by atoms with Crippen molar-refractivity contribution in [1.29, 1.82) is 0 Å². The van der Waals surface area contributed by atoms with Crippen LogP contribution in [-0.2, 0) is 9.53 Å². The van der Waals surface area contributed by atoms with Crippen LogP contribution < -0.4 is 5.32 Å². The van der Waals surface area contributed by atoms with Gasteiger partial charge in [-0.2, -0.15) is 0 Å². The predicted octanol–water partition coefficient (Wildman–Crippen LogP) is 4.10. The van der Waals surface area contributed by atoms with E-state index in [1.807, 2.05) is 24.3 Å². The van der Waals surface area contributed by atoms with Crippen LogP contribution >= 0.6 is 0 Å². The van der Waals surface area contributed by atoms with Crippen LogP contribution in [0.15, 0.2) is 24.3 Å². The molecule has 2 N–H and O–H groups in total. The lowest BCUT2D eigenvalue weighted by atomic mass is 9.67. The molecule has 0 aromatic heterocycles. The number of alkyl halides is 1. The molecule has 2 saturated heterocycles. The normalized spacial score (nSPS) is 33.8. The van der Waals surface area contributed by atoms with Gasteiger partial charge in [0, 0.05) is 31.7 Å². The first-order valence-electron chi connectivity index (χ1n) is 14.9. The molecule has 2 amide bonds. The van der Waals surface area contributed by atoms with Gasteiger partial charge in [0.25, 0.3) is 11.8 Å². The number of nitrogens with one attached hydrogen (secondary N) is 1. The van der Waals surface area contributed by atoms with E-state index in [0.717, 1.165) is 24.8 Å². The lowest BCUT2D eigenvalue weighted by molar-refractivity contribution is -0.143. The molecule has 7 nitrogen and oxygen atoms in total. The smallest absolute Gasteiger partial charge is 0.254 e. The summed E-state index contributed by atoms with van der Waals surface area (Å²) in [5, 5.41) is 13.9. The number of aliphatic hydroxyl groups is 1. The Bertz CT molecular complexity index is 1010. The van der Waals surface area contributed by atoms with Gasteiger partial charge in [-0.1, -0.05) is 44.2 Å². The van der Waals surface area contributed by atoms with Crippen molar-refractivity contribution in [2.24, 2.45) is 5.92 Å². The lowest BCUT2D eigenvalue weighted by Gasteiger charge is -2.45. The maximum Gasteiger partial charge on any atom is 0.254 e. The van der Waals surface area contributed by atoms with Crippen LogP contribution in [-0.4, -0.2) is 76.3 Å². The third-order valence-electron chi connectivity index (χ3n) is 9.85. The third kappa shape index (κ3) is 5.00. The Labute approximate surface area is 225 Å². The van der Waals surface area contributed by atoms with Gasteiger partial charge in [-0.3, -0.25) is 14.9 Å². The summed E-state index contributed by atoms with van der Waals surface area (Å²) in [4.78, 5) is 29.0. The van der Waals surface area contributed by atoms with E-state index in [0.29, 0.717) is 63.3 Å². The first-order valence-corrected chi connectivity index (χ1v) is 14.9. The van der Waals surface area contributed by atoms with Crippen LogP contribution in [0.25, 0.3) is 0 Å². The molecule has 2 aliphatic heterocycles. The number of piperazine rings is 1. The van der Waals surface area contributed by atoms with Crippen LogP contribution in [0.3, 0.4) is 0 Å². The highest BCUT2D eigenvalue weighted by Crippen LogP contribution is 2.49. The number of rotatable bonds is 4. The van der Waals surface area contributed by atoms with Gasteiger partial charge in [-0.15, -0.1) is 0 Å². The van der Waals surface area contributed by atoms with Crippen molar-refractivity contribution < 1.29 is 23.8 Å². The number of carbonyl (C=O) groups is 2. The maximum absolute atomic E-state index is 14.8. The van der Waals surface area contributed by atoms with E-state index in [-0.39, 0.29) is 29.7 Å². The second kappa shape index (κ2) is 10.5. The molecule has 0 radical (unpaired) electrons. The molecule has 4 atom stereocenters. The zero-order valence-corrected chi connectivity index (χ0v) is 22.4. The number of nitrogens with zero attached hydrogens (tertiary/aromatic N) is 2. The molecular formula is C30H42FN3O4. The van der Waals surface area contributed by atoms with Gasteiger partial charge >= 0.3 is 0 Å². The number of hydrogen-bond donors (Lipinski definition) is 2. The molecule has 38 heavy (non-hydrogen) atoms. The monoisotopic (exact) mass is 527 g/mol. The molecule has 5 aliphatic rings. The molecule has 2 heterocycles. The van der Waals surface area contributed by atoms with Crippen LogP contribution in [0.4, 0.5) is 4.39 Å². The third-order valence-corrected chi connectivity index (χ3v) is 9.85. The number of carbonyl (C=O) groups excluding carboxylic acids is 2. The van der Waals surface area contributed by atoms with Crippen molar-refractivity contribution in [3.8, 4) is 0 Å². The van der Waals surface area contributed by atoms with Gasteiger partial charge in [0.2, 0.25) is 0 Å². The molecular weight excluding hydrogens is 485 g/mol. The second-order valence-corrected chi connectivity index (χ2v) is 12.3. The van der Waals surface area contributed by atoms with Crippen molar-refractivity contribution in [3.05, 3.63) is 35.4 Å². The first-order chi connectivity index (χ1) is 18.4. The van der Waals surface area contributed by atoms with Gasteiger partial charge in [-0.05, 0) is 68.6 Å². The summed E-state index contributed by atoms with van der Waals surface area (Å²) in [6.45, 7) is 1.83. The number of benzene rings is 1. The van der Waals surface area contributed by atoms with Gasteiger partial charge in [-0.25, -0.2) is 4.39 Å². The summed E-state index contributed by atoms with van der Waals surface area (Å²) in [6, 6.07) is 7.64. The topological polar surface area (TPSA) is 82.1 Å². The van der Waals surface area contributed by atoms with Gasteiger partial charge in [0.1, 0.15) is 18.0 Å². The van der Waals surface area contributed by atoms with Crippen molar-refractivity contribution in [3.63, 3.8) is 0 Å². The van der Waals surface area contributed by atoms with E-state index >= 15 is 0 Å². The fraction of sp³-hybridized carbons (Fsp3) is 0.733. The van der Waals surface area contributed by atoms with Crippen molar-refractivity contribution in [2.45, 2.75) is 107 Å². The van der Waals surface area contributed by atoms with Crippen molar-refractivity contribution in [1.82, 2.24) is 15.1 Å². The molecule has 0 bridgehead atoms. The highest BCUT2D eigenvalue weighted by Gasteiger charge is 2.55. The standard InChI is InChI=1S/C30H42FN3O4/c31-24-12-13-25-30(20-24,23-6-4-2-1-3-5-7-23)32-26(38-25)21-8-10-22(11-9-21)27(35)33-16-18-34(19-17-33)28(36)29(37)14-15-29/h8-11,23-26,32,37H,1-7,12-20H2. The summed E-state index contributed by atoms with van der Waals surface area (Å²) in [5.74, 6) is 0.187. The Morgan fingerprint density at radius 1 is 0.895 bits per heavy atom. The summed E-state index contributed by atoms with van der Waals surface area (Å²) in [7, 11) is 0. The molecule has 3 aliphatic carbocycles. The molecule has 3 saturated carbocycles. The molecule has 8 heteroatoms. The van der Waals surface area contributed by atoms with Gasteiger partial charge in [0.05, 0.1) is 11.6 Å². The first kappa shape index (κ1) is 26.2. The van der Waals surface area contributed by atoms with Gasteiger partial charge < -0.3 is 19.6 Å². The molecule has 6 rings (SSSR count). The fourth-order valence-corrected chi connectivity index (χ4v) is 7.38. The van der Waals surface area contributed by atoms with Gasteiger partial charge in [0.15, 0.2) is 0 Å². The average Bonchev–Trinajstić information content (AvgIpc) is 3.55. The maximum atomic E-state index is 14.8. The van der Waals surface area contributed by atoms with E-state index in [1.165, 1.54) is 32.1 Å². The summed E-state index contributed by atoms with van der Waals surface area (Å²) < 4.78 is 21.4. The van der Waals surface area contributed by atoms with E-state index in [4.69, 9.17) is 4.74 Å². The fourth-order valence-electron chi connectivity index (χ4n) is 7.38. The zero-order chi connectivity index (χ0) is 26.3. The number of fused-ring (bicyclic) bond motifs is 1. The van der Waals surface area contributed by atoms with Crippen LogP contribution in [0, 0.1) is 5.92 Å². The van der Waals surface area contributed by atoms with Crippen LogP contribution in [0.1, 0.15) is 99.2 Å². The Balaban J connectivity index is 1.11.